The van der Waals surface area contributed by atoms with Gasteiger partial charge in [-0.25, -0.2) is 13.2 Å². The molecule has 0 saturated carbocycles. The van der Waals surface area contributed by atoms with Crippen LogP contribution in [0.1, 0.15) is 29.7 Å². The zero-order valence-electron chi connectivity index (χ0n) is 16.5. The minimum absolute atomic E-state index is 0.0420. The molecule has 2 aromatic carbocycles. The van der Waals surface area contributed by atoms with Gasteiger partial charge >= 0.3 is 0 Å². The summed E-state index contributed by atoms with van der Waals surface area (Å²) in [6.07, 6.45) is -1.70. The number of halogens is 3. The normalized spacial score (nSPS) is 11.6. The minimum atomic E-state index is -1.70. The molecule has 0 fully saturated rings. The molecule has 1 atom stereocenters. The lowest BCUT2D eigenvalue weighted by atomic mass is 10.1. The van der Waals surface area contributed by atoms with Crippen molar-refractivity contribution < 1.29 is 27.8 Å². The van der Waals surface area contributed by atoms with Gasteiger partial charge in [-0.3, -0.25) is 15.0 Å². The van der Waals surface area contributed by atoms with E-state index in [-0.39, 0.29) is 19.0 Å². The van der Waals surface area contributed by atoms with E-state index < -0.39 is 47.5 Å². The number of carbonyl (C=O) groups is 2. The molecule has 0 aliphatic heterocycles. The Labute approximate surface area is 182 Å². The Bertz CT molecular complexity index is 972. The zero-order valence-corrected chi connectivity index (χ0v) is 17.3. The van der Waals surface area contributed by atoms with Gasteiger partial charge in [-0.1, -0.05) is 24.3 Å². The molecule has 0 radical (unpaired) electrons. The Morgan fingerprint density at radius 1 is 1.16 bits per heavy atom. The van der Waals surface area contributed by atoms with Gasteiger partial charge in [0.1, 0.15) is 11.7 Å². The predicted octanol–water partition coefficient (Wildman–Crippen LogP) is 2.37. The van der Waals surface area contributed by atoms with E-state index in [0.717, 1.165) is 16.6 Å². The van der Waals surface area contributed by atoms with Crippen molar-refractivity contribution in [3.63, 3.8) is 0 Å². The van der Waals surface area contributed by atoms with E-state index in [4.69, 9.17) is 38.1 Å². The molecule has 166 valence electrons. The van der Waals surface area contributed by atoms with Crippen LogP contribution in [0.25, 0.3) is 0 Å². The molecule has 0 aliphatic rings. The summed E-state index contributed by atoms with van der Waals surface area (Å²) in [6, 6.07) is 8.22. The summed E-state index contributed by atoms with van der Waals surface area (Å²) in [4.78, 5) is 23.7. The number of amides is 2. The first-order chi connectivity index (χ1) is 14.6. The van der Waals surface area contributed by atoms with E-state index in [0.29, 0.717) is 11.1 Å². The van der Waals surface area contributed by atoms with Gasteiger partial charge in [0.2, 0.25) is 0 Å². The van der Waals surface area contributed by atoms with Gasteiger partial charge in [0, 0.05) is 23.9 Å². The van der Waals surface area contributed by atoms with Gasteiger partial charge in [0.25, 0.3) is 11.8 Å². The Morgan fingerprint density at radius 3 is 2.35 bits per heavy atom. The molecule has 2 rings (SSSR count). The highest BCUT2D eigenvalue weighted by Gasteiger charge is 2.33. The number of nitrogen functional groups attached to an aromatic ring is 1. The van der Waals surface area contributed by atoms with E-state index in [2.05, 4.69) is 0 Å². The number of primary amides is 1. The lowest BCUT2D eigenvalue weighted by Gasteiger charge is -2.23. The molecule has 31 heavy (non-hydrogen) atoms. The molecule has 8 nitrogen and oxygen atoms in total. The third-order valence-corrected chi connectivity index (χ3v) is 4.39. The topological polar surface area (TPSA) is 132 Å². The van der Waals surface area contributed by atoms with Crippen molar-refractivity contribution in [2.75, 3.05) is 13.2 Å². The van der Waals surface area contributed by atoms with Gasteiger partial charge in [-0.05, 0) is 24.6 Å². The highest BCUT2D eigenvalue weighted by Crippen LogP contribution is 2.32. The first-order valence-corrected chi connectivity index (χ1v) is 9.40. The molecule has 5 N–H and O–H groups in total. The number of hydrogen-bond acceptors (Lipinski definition) is 5. The summed E-state index contributed by atoms with van der Waals surface area (Å²) in [5.41, 5.74) is 10.7. The Hall–Kier alpha value is -3.24. The number of benzene rings is 2. The van der Waals surface area contributed by atoms with Crippen molar-refractivity contribution in [2.24, 2.45) is 11.5 Å². The lowest BCUT2D eigenvalue weighted by Crippen LogP contribution is -2.30. The average molecular weight is 455 g/mol. The molecular formula is C20H21ClF2N4O4. The number of ether oxygens (including phenoxy) is 2. The first kappa shape index (κ1) is 24.0. The lowest BCUT2D eigenvalue weighted by molar-refractivity contribution is -0.140. The molecule has 0 saturated heterocycles. The van der Waals surface area contributed by atoms with E-state index in [9.17, 15) is 18.4 Å². The number of hydrogen-bond donors (Lipinski definition) is 3. The SMILES string of the molecule is CCOC(C(=O)N(Cl)Cc1ccc(C(=N)N)cc1)c1c(F)ccc(OCC(N)=O)c1F. The Kier molecular flexibility index (Phi) is 8.29. The number of nitrogens with one attached hydrogen (secondary N) is 1. The summed E-state index contributed by atoms with van der Waals surface area (Å²) in [5.74, 6) is -4.61. The van der Waals surface area contributed by atoms with Crippen molar-refractivity contribution in [2.45, 2.75) is 19.6 Å². The molecule has 0 heterocycles. The van der Waals surface area contributed by atoms with Crippen LogP contribution in [0.15, 0.2) is 36.4 Å². The summed E-state index contributed by atoms with van der Waals surface area (Å²) in [7, 11) is 0. The third-order valence-electron chi connectivity index (χ3n) is 4.11. The van der Waals surface area contributed by atoms with Gasteiger partial charge in [0.05, 0.1) is 12.1 Å². The van der Waals surface area contributed by atoms with Crippen molar-refractivity contribution in [3.05, 3.63) is 64.7 Å². The van der Waals surface area contributed by atoms with Crippen LogP contribution in [0, 0.1) is 17.0 Å². The second kappa shape index (κ2) is 10.7. The number of nitrogens with two attached hydrogens (primary N) is 2. The number of amidine groups is 1. The summed E-state index contributed by atoms with van der Waals surface area (Å²) in [6.45, 7) is 0.763. The predicted molar refractivity (Wildman–Crippen MR) is 109 cm³/mol. The van der Waals surface area contributed by atoms with E-state index >= 15 is 0 Å². The standard InChI is InChI=1S/C20H21ClF2N4O4/c1-2-30-18(16-13(22)7-8-14(17(16)23)31-10-15(24)28)20(29)27(21)9-11-3-5-12(6-4-11)19(25)26/h3-8,18H,2,9-10H2,1H3,(H2,24,28)(H3,25,26). The molecule has 0 aliphatic carbocycles. The second-order valence-electron chi connectivity index (χ2n) is 6.33. The number of rotatable bonds is 10. The van der Waals surface area contributed by atoms with Crippen molar-refractivity contribution in [1.29, 1.82) is 5.41 Å². The molecule has 0 spiro atoms. The molecule has 2 aromatic rings. The zero-order chi connectivity index (χ0) is 23.1. The highest BCUT2D eigenvalue weighted by atomic mass is 35.5. The summed E-state index contributed by atoms with van der Waals surface area (Å²) in [5, 5.41) is 7.39. The van der Waals surface area contributed by atoms with Gasteiger partial charge in [0.15, 0.2) is 24.3 Å². The van der Waals surface area contributed by atoms with Crippen LogP contribution in [-0.4, -0.2) is 35.3 Å². The van der Waals surface area contributed by atoms with Crippen LogP contribution < -0.4 is 16.2 Å². The monoisotopic (exact) mass is 454 g/mol. The maximum atomic E-state index is 14.9. The fraction of sp³-hybridized carbons (Fsp3) is 0.250. The van der Waals surface area contributed by atoms with Gasteiger partial charge in [-0.15, -0.1) is 0 Å². The second-order valence-corrected chi connectivity index (χ2v) is 6.74. The van der Waals surface area contributed by atoms with Crippen LogP contribution in [0.2, 0.25) is 0 Å². The van der Waals surface area contributed by atoms with Crippen LogP contribution >= 0.6 is 11.8 Å². The fourth-order valence-corrected chi connectivity index (χ4v) is 2.88. The first-order valence-electron chi connectivity index (χ1n) is 9.06. The quantitative estimate of drug-likeness (QED) is 0.288. The van der Waals surface area contributed by atoms with Crippen molar-refractivity contribution >= 4 is 29.4 Å². The van der Waals surface area contributed by atoms with Gasteiger partial charge < -0.3 is 20.9 Å². The van der Waals surface area contributed by atoms with Crippen LogP contribution in [0.4, 0.5) is 8.78 Å². The number of carbonyl (C=O) groups excluding carboxylic acids is 2. The smallest absolute Gasteiger partial charge is 0.271 e. The molecular weight excluding hydrogens is 434 g/mol. The molecule has 0 aromatic heterocycles. The largest absolute Gasteiger partial charge is 0.481 e. The highest BCUT2D eigenvalue weighted by molar-refractivity contribution is 6.21. The molecule has 11 heteroatoms. The van der Waals surface area contributed by atoms with Crippen molar-refractivity contribution in [1.82, 2.24) is 4.42 Å². The summed E-state index contributed by atoms with van der Waals surface area (Å²) >= 11 is 6.10. The summed E-state index contributed by atoms with van der Waals surface area (Å²) < 4.78 is 40.3. The van der Waals surface area contributed by atoms with E-state index in [1.54, 1.807) is 31.2 Å². The van der Waals surface area contributed by atoms with Crippen LogP contribution in [0.3, 0.4) is 0 Å². The Balaban J connectivity index is 2.29. The van der Waals surface area contributed by atoms with Crippen molar-refractivity contribution in [3.8, 4) is 5.75 Å². The van der Waals surface area contributed by atoms with E-state index in [1.165, 1.54) is 0 Å². The maximum Gasteiger partial charge on any atom is 0.271 e. The maximum absolute atomic E-state index is 14.9. The average Bonchev–Trinajstić information content (AvgIpc) is 2.72. The van der Waals surface area contributed by atoms with E-state index in [1.807, 2.05) is 0 Å². The third kappa shape index (κ3) is 6.12. The Morgan fingerprint density at radius 2 is 1.81 bits per heavy atom. The van der Waals surface area contributed by atoms with Crippen LogP contribution in [0.5, 0.6) is 5.75 Å². The molecule has 2 amide bonds. The number of nitrogens with zero attached hydrogens (tertiary/aromatic N) is 1. The fourth-order valence-electron chi connectivity index (χ4n) is 2.65. The molecule has 1 unspecified atom stereocenters. The molecule has 0 bridgehead atoms. The van der Waals surface area contributed by atoms with Crippen LogP contribution in [-0.2, 0) is 20.9 Å². The minimum Gasteiger partial charge on any atom is -0.481 e. The van der Waals surface area contributed by atoms with Gasteiger partial charge in [-0.2, -0.15) is 0 Å².